The number of carbonyl (C=O) groups excluding carboxylic acids is 2. The van der Waals surface area contributed by atoms with Crippen molar-refractivity contribution in [1.29, 1.82) is 0 Å². The van der Waals surface area contributed by atoms with Crippen LogP contribution in [0.2, 0.25) is 5.02 Å². The highest BCUT2D eigenvalue weighted by molar-refractivity contribution is 8.16. The molecule has 11 heteroatoms. The van der Waals surface area contributed by atoms with Gasteiger partial charge in [0.25, 0.3) is 10.0 Å². The van der Waals surface area contributed by atoms with Crippen LogP contribution >= 0.6 is 23.4 Å². The number of sulfonamides is 1. The van der Waals surface area contributed by atoms with Crippen LogP contribution in [0, 0.1) is 0 Å². The van der Waals surface area contributed by atoms with Crippen LogP contribution in [-0.2, 0) is 19.6 Å². The maximum absolute atomic E-state index is 13.3. The van der Waals surface area contributed by atoms with Gasteiger partial charge in [-0.1, -0.05) is 47.6 Å². The number of thioether (sulfide) groups is 1. The maximum Gasteiger partial charge on any atom is 0.284 e. The molecule has 0 spiro atoms. The molecule has 1 N–H and O–H groups in total. The summed E-state index contributed by atoms with van der Waals surface area (Å²) < 4.78 is 35.0. The van der Waals surface area contributed by atoms with E-state index in [-0.39, 0.29) is 16.5 Å². The van der Waals surface area contributed by atoms with E-state index in [2.05, 4.69) is 9.71 Å². The van der Waals surface area contributed by atoms with Crippen molar-refractivity contribution in [2.24, 2.45) is 4.40 Å². The highest BCUT2D eigenvalue weighted by Crippen LogP contribution is 2.35. The fourth-order valence-corrected chi connectivity index (χ4v) is 5.78. The van der Waals surface area contributed by atoms with Crippen LogP contribution in [0.1, 0.15) is 6.42 Å². The first-order valence-corrected chi connectivity index (χ1v) is 13.1. The second-order valence-electron chi connectivity index (χ2n) is 7.40. The number of rotatable bonds is 7. The van der Waals surface area contributed by atoms with Gasteiger partial charge in [0.1, 0.15) is 11.0 Å². The van der Waals surface area contributed by atoms with Crippen molar-refractivity contribution in [3.05, 3.63) is 83.9 Å². The SMILES string of the molecule is COc1cccc(NC(=O)CC2SC(=NS(=O)(=O)c3ccc(Cl)cc3)N(c3ccccc3)C2=O)c1. The van der Waals surface area contributed by atoms with Crippen LogP contribution < -0.4 is 15.0 Å². The molecule has 4 rings (SSSR count). The summed E-state index contributed by atoms with van der Waals surface area (Å²) in [5.41, 5.74) is 0.967. The molecule has 1 aliphatic rings. The lowest BCUT2D eigenvalue weighted by molar-refractivity contribution is -0.121. The van der Waals surface area contributed by atoms with Crippen LogP contribution in [0.15, 0.2) is 88.2 Å². The van der Waals surface area contributed by atoms with Crippen molar-refractivity contribution in [3.63, 3.8) is 0 Å². The normalized spacial score (nSPS) is 17.0. The zero-order chi connectivity index (χ0) is 25.0. The molecule has 8 nitrogen and oxygen atoms in total. The molecule has 0 aliphatic carbocycles. The number of hydrogen-bond acceptors (Lipinski definition) is 6. The van der Waals surface area contributed by atoms with Gasteiger partial charge >= 0.3 is 0 Å². The van der Waals surface area contributed by atoms with Gasteiger partial charge in [0.2, 0.25) is 11.8 Å². The number of nitrogens with zero attached hydrogens (tertiary/aromatic N) is 2. The minimum absolute atomic E-state index is 0.0321. The number of para-hydroxylation sites is 1. The zero-order valence-corrected chi connectivity index (χ0v) is 20.8. The molecular weight excluding hydrogens is 510 g/mol. The molecule has 1 unspecified atom stereocenters. The average molecular weight is 530 g/mol. The van der Waals surface area contributed by atoms with Gasteiger partial charge in [0.15, 0.2) is 5.17 Å². The third kappa shape index (κ3) is 5.84. The molecule has 1 heterocycles. The summed E-state index contributed by atoms with van der Waals surface area (Å²) in [4.78, 5) is 27.1. The van der Waals surface area contributed by atoms with Crippen LogP contribution in [0.4, 0.5) is 11.4 Å². The third-order valence-corrected chi connectivity index (χ3v) is 7.77. The molecule has 0 bridgehead atoms. The third-order valence-electron chi connectivity index (χ3n) is 4.98. The first kappa shape index (κ1) is 24.8. The number of amidine groups is 1. The molecular formula is C24H20ClN3O5S2. The fraction of sp³-hybridized carbons (Fsp3) is 0.125. The van der Waals surface area contributed by atoms with E-state index in [1.807, 2.05) is 0 Å². The molecule has 35 heavy (non-hydrogen) atoms. The number of carbonyl (C=O) groups is 2. The lowest BCUT2D eigenvalue weighted by Crippen LogP contribution is -2.33. The largest absolute Gasteiger partial charge is 0.497 e. The van der Waals surface area contributed by atoms with E-state index in [0.29, 0.717) is 22.1 Å². The Morgan fingerprint density at radius 1 is 1.09 bits per heavy atom. The van der Waals surface area contributed by atoms with Gasteiger partial charge in [0.05, 0.1) is 17.7 Å². The zero-order valence-electron chi connectivity index (χ0n) is 18.4. The first-order chi connectivity index (χ1) is 16.8. The quantitative estimate of drug-likeness (QED) is 0.480. The van der Waals surface area contributed by atoms with Crippen molar-refractivity contribution >= 4 is 61.7 Å². The molecule has 2 amide bonds. The molecule has 3 aromatic rings. The summed E-state index contributed by atoms with van der Waals surface area (Å²) in [6, 6.07) is 21.0. The Balaban J connectivity index is 1.61. The van der Waals surface area contributed by atoms with Crippen molar-refractivity contribution < 1.29 is 22.7 Å². The highest BCUT2D eigenvalue weighted by atomic mass is 35.5. The standard InChI is InChI=1S/C24H20ClN3O5S2/c1-33-19-9-5-6-17(14-19)26-22(29)15-21-23(30)28(18-7-3-2-4-8-18)24(34-21)27-35(31,32)20-12-10-16(25)11-13-20/h2-14,21H,15H2,1H3,(H,26,29). The monoisotopic (exact) mass is 529 g/mol. The van der Waals surface area contributed by atoms with Crippen molar-refractivity contribution in [2.75, 3.05) is 17.3 Å². The van der Waals surface area contributed by atoms with Gasteiger partial charge in [-0.05, 0) is 48.5 Å². The minimum Gasteiger partial charge on any atom is -0.497 e. The minimum atomic E-state index is -4.13. The fourth-order valence-electron chi connectivity index (χ4n) is 3.32. The van der Waals surface area contributed by atoms with E-state index in [0.717, 1.165) is 11.8 Å². The Kier molecular flexibility index (Phi) is 7.44. The summed E-state index contributed by atoms with van der Waals surface area (Å²) >= 11 is 6.79. The Labute approximate surface area is 212 Å². The lowest BCUT2D eigenvalue weighted by Gasteiger charge is -2.16. The van der Waals surface area contributed by atoms with E-state index in [1.54, 1.807) is 54.6 Å². The number of benzene rings is 3. The predicted molar refractivity (Wildman–Crippen MR) is 138 cm³/mol. The second-order valence-corrected chi connectivity index (χ2v) is 10.6. The molecule has 1 fully saturated rings. The average Bonchev–Trinajstić information content (AvgIpc) is 3.13. The van der Waals surface area contributed by atoms with Gasteiger partial charge in [-0.15, -0.1) is 4.40 Å². The number of amides is 2. The van der Waals surface area contributed by atoms with Gasteiger partial charge < -0.3 is 10.1 Å². The highest BCUT2D eigenvalue weighted by Gasteiger charge is 2.41. The lowest BCUT2D eigenvalue weighted by atomic mass is 10.2. The van der Waals surface area contributed by atoms with Crippen LogP contribution in [0.3, 0.4) is 0 Å². The predicted octanol–water partition coefficient (Wildman–Crippen LogP) is 4.57. The van der Waals surface area contributed by atoms with E-state index in [4.69, 9.17) is 16.3 Å². The molecule has 0 radical (unpaired) electrons. The Morgan fingerprint density at radius 2 is 1.80 bits per heavy atom. The number of hydrogen-bond donors (Lipinski definition) is 1. The van der Waals surface area contributed by atoms with Crippen LogP contribution in [0.25, 0.3) is 0 Å². The summed E-state index contributed by atoms with van der Waals surface area (Å²) in [5, 5.41) is 2.23. The molecule has 3 aromatic carbocycles. The smallest absolute Gasteiger partial charge is 0.284 e. The van der Waals surface area contributed by atoms with E-state index in [9.17, 15) is 18.0 Å². The van der Waals surface area contributed by atoms with Gasteiger partial charge in [-0.25, -0.2) is 0 Å². The molecule has 1 atom stereocenters. The van der Waals surface area contributed by atoms with Gasteiger partial charge in [0, 0.05) is 23.2 Å². The Bertz CT molecular complexity index is 1380. The van der Waals surface area contributed by atoms with Crippen molar-refractivity contribution in [3.8, 4) is 5.75 Å². The summed E-state index contributed by atoms with van der Waals surface area (Å²) in [6.45, 7) is 0. The first-order valence-electron chi connectivity index (χ1n) is 10.4. The van der Waals surface area contributed by atoms with Crippen molar-refractivity contribution in [1.82, 2.24) is 0 Å². The number of nitrogens with one attached hydrogen (secondary N) is 1. The van der Waals surface area contributed by atoms with Crippen LogP contribution in [-0.4, -0.2) is 37.8 Å². The molecule has 0 saturated carbocycles. The number of methoxy groups -OCH3 is 1. The van der Waals surface area contributed by atoms with Gasteiger partial charge in [-0.2, -0.15) is 8.42 Å². The van der Waals surface area contributed by atoms with Gasteiger partial charge in [-0.3, -0.25) is 14.5 Å². The molecule has 1 saturated heterocycles. The molecule has 1 aliphatic heterocycles. The number of anilines is 2. The molecule has 0 aromatic heterocycles. The number of ether oxygens (including phenoxy) is 1. The van der Waals surface area contributed by atoms with Crippen molar-refractivity contribution in [2.45, 2.75) is 16.6 Å². The Hall–Kier alpha value is -3.34. The summed E-state index contributed by atoms with van der Waals surface area (Å²) in [6.07, 6.45) is -0.177. The van der Waals surface area contributed by atoms with E-state index < -0.39 is 27.1 Å². The number of halogens is 1. The van der Waals surface area contributed by atoms with E-state index in [1.165, 1.54) is 36.3 Å². The summed E-state index contributed by atoms with van der Waals surface area (Å²) in [7, 11) is -2.61. The molecule has 180 valence electrons. The topological polar surface area (TPSA) is 105 Å². The maximum atomic E-state index is 13.3. The van der Waals surface area contributed by atoms with E-state index >= 15 is 0 Å². The van der Waals surface area contributed by atoms with Crippen LogP contribution in [0.5, 0.6) is 5.75 Å². The summed E-state index contributed by atoms with van der Waals surface area (Å²) in [5.74, 6) is -0.267. The second kappa shape index (κ2) is 10.5. The Morgan fingerprint density at radius 3 is 2.49 bits per heavy atom.